The molecule has 0 fully saturated rings. The maximum absolute atomic E-state index is 12.3. The standard InChI is InChI=1S/C17H20N6O2S/c1-9-12(16(25)21-11(3)19-9)5-6-13(24)22-17-20-10(2)14(26-17)15-18-7-8-23(15)4/h7-8H,5-6H2,1-4H3,(H,19,21,25)(H,20,22,24). The number of H-pyrrole nitrogens is 1. The molecule has 3 rings (SSSR count). The molecule has 0 aliphatic carbocycles. The number of thiazole rings is 1. The third-order valence-electron chi connectivity index (χ3n) is 4.01. The minimum absolute atomic E-state index is 0.186. The lowest BCUT2D eigenvalue weighted by molar-refractivity contribution is -0.116. The average molecular weight is 372 g/mol. The van der Waals surface area contributed by atoms with Gasteiger partial charge in [-0.25, -0.2) is 15.0 Å². The van der Waals surface area contributed by atoms with Gasteiger partial charge in [0.15, 0.2) is 11.0 Å². The van der Waals surface area contributed by atoms with Gasteiger partial charge < -0.3 is 14.9 Å². The number of hydrogen-bond donors (Lipinski definition) is 2. The molecule has 0 spiro atoms. The number of amides is 1. The van der Waals surface area contributed by atoms with Crippen molar-refractivity contribution in [2.24, 2.45) is 7.05 Å². The number of hydrogen-bond acceptors (Lipinski definition) is 6. The minimum atomic E-state index is -0.190. The van der Waals surface area contributed by atoms with Crippen LogP contribution in [0.5, 0.6) is 0 Å². The summed E-state index contributed by atoms with van der Waals surface area (Å²) < 4.78 is 1.91. The molecule has 0 unspecified atom stereocenters. The van der Waals surface area contributed by atoms with E-state index in [9.17, 15) is 9.59 Å². The molecule has 0 aliphatic rings. The number of aromatic amines is 1. The van der Waals surface area contributed by atoms with E-state index >= 15 is 0 Å². The highest BCUT2D eigenvalue weighted by atomic mass is 32.1. The number of carbonyl (C=O) groups is 1. The summed E-state index contributed by atoms with van der Waals surface area (Å²) in [6.45, 7) is 5.39. The van der Waals surface area contributed by atoms with Gasteiger partial charge in [0.2, 0.25) is 5.91 Å². The van der Waals surface area contributed by atoms with Gasteiger partial charge in [-0.2, -0.15) is 0 Å². The van der Waals surface area contributed by atoms with Crippen molar-refractivity contribution in [3.05, 3.63) is 45.5 Å². The lowest BCUT2D eigenvalue weighted by Crippen LogP contribution is -2.20. The minimum Gasteiger partial charge on any atom is -0.333 e. The Hall–Kier alpha value is -2.81. The van der Waals surface area contributed by atoms with Crippen LogP contribution < -0.4 is 10.9 Å². The molecule has 0 bridgehead atoms. The van der Waals surface area contributed by atoms with Gasteiger partial charge in [0.05, 0.1) is 10.6 Å². The molecule has 1 amide bonds. The van der Waals surface area contributed by atoms with Crippen molar-refractivity contribution in [2.75, 3.05) is 5.32 Å². The van der Waals surface area contributed by atoms with Crippen molar-refractivity contribution in [3.63, 3.8) is 0 Å². The van der Waals surface area contributed by atoms with Crippen LogP contribution in [0.25, 0.3) is 10.7 Å². The van der Waals surface area contributed by atoms with Crippen LogP contribution in [0.3, 0.4) is 0 Å². The molecular formula is C17H20N6O2S. The first-order valence-corrected chi connectivity index (χ1v) is 8.98. The summed E-state index contributed by atoms with van der Waals surface area (Å²) in [4.78, 5) is 40.8. The summed E-state index contributed by atoms with van der Waals surface area (Å²) in [7, 11) is 1.91. The Morgan fingerprint density at radius 1 is 1.27 bits per heavy atom. The quantitative estimate of drug-likeness (QED) is 0.714. The number of aryl methyl sites for hydroxylation is 4. The van der Waals surface area contributed by atoms with Gasteiger partial charge >= 0.3 is 0 Å². The zero-order valence-electron chi connectivity index (χ0n) is 15.1. The van der Waals surface area contributed by atoms with Crippen LogP contribution in [0.15, 0.2) is 17.2 Å². The van der Waals surface area contributed by atoms with Gasteiger partial charge in [0, 0.05) is 37.1 Å². The molecule has 136 valence electrons. The smallest absolute Gasteiger partial charge is 0.254 e. The van der Waals surface area contributed by atoms with E-state index in [4.69, 9.17) is 0 Å². The molecule has 0 saturated heterocycles. The van der Waals surface area contributed by atoms with Gasteiger partial charge in [-0.15, -0.1) is 0 Å². The Kier molecular flexibility index (Phi) is 4.99. The second-order valence-electron chi connectivity index (χ2n) is 6.06. The Morgan fingerprint density at radius 3 is 2.69 bits per heavy atom. The first kappa shape index (κ1) is 18.0. The van der Waals surface area contributed by atoms with Crippen molar-refractivity contribution in [3.8, 4) is 10.7 Å². The molecule has 9 heteroatoms. The Labute approximate surface area is 154 Å². The van der Waals surface area contributed by atoms with E-state index in [0.29, 0.717) is 28.6 Å². The van der Waals surface area contributed by atoms with E-state index in [2.05, 4.69) is 25.3 Å². The van der Waals surface area contributed by atoms with Crippen molar-refractivity contribution in [2.45, 2.75) is 33.6 Å². The van der Waals surface area contributed by atoms with Crippen LogP contribution in [-0.2, 0) is 18.3 Å². The topological polar surface area (TPSA) is 106 Å². The van der Waals surface area contributed by atoms with Crippen molar-refractivity contribution < 1.29 is 4.79 Å². The zero-order chi connectivity index (χ0) is 18.8. The Morgan fingerprint density at radius 2 is 2.04 bits per heavy atom. The fourth-order valence-electron chi connectivity index (χ4n) is 2.71. The second kappa shape index (κ2) is 7.20. The van der Waals surface area contributed by atoms with Gasteiger partial charge in [-0.3, -0.25) is 9.59 Å². The summed E-state index contributed by atoms with van der Waals surface area (Å²) in [5, 5.41) is 3.33. The summed E-state index contributed by atoms with van der Waals surface area (Å²) in [6.07, 6.45) is 4.10. The third kappa shape index (κ3) is 3.72. The maximum atomic E-state index is 12.3. The lowest BCUT2D eigenvalue weighted by atomic mass is 10.1. The molecule has 0 radical (unpaired) electrons. The van der Waals surface area contributed by atoms with E-state index in [1.165, 1.54) is 11.3 Å². The van der Waals surface area contributed by atoms with Crippen LogP contribution in [0.4, 0.5) is 5.13 Å². The van der Waals surface area contributed by atoms with E-state index in [1.807, 2.05) is 24.7 Å². The largest absolute Gasteiger partial charge is 0.333 e. The van der Waals surface area contributed by atoms with Crippen molar-refractivity contribution in [1.29, 1.82) is 0 Å². The first-order chi connectivity index (χ1) is 12.3. The molecule has 0 aromatic carbocycles. The molecule has 3 aromatic rings. The number of nitrogens with zero attached hydrogens (tertiary/aromatic N) is 4. The normalized spacial score (nSPS) is 10.9. The number of nitrogens with one attached hydrogen (secondary N) is 2. The number of imidazole rings is 1. The van der Waals surface area contributed by atoms with Crippen molar-refractivity contribution >= 4 is 22.4 Å². The molecule has 0 atom stereocenters. The fourth-order valence-corrected chi connectivity index (χ4v) is 3.73. The third-order valence-corrected chi connectivity index (χ3v) is 5.08. The number of anilines is 1. The molecule has 3 aromatic heterocycles. The molecule has 0 aliphatic heterocycles. The monoisotopic (exact) mass is 372 g/mol. The highest BCUT2D eigenvalue weighted by Crippen LogP contribution is 2.31. The summed E-state index contributed by atoms with van der Waals surface area (Å²) in [5.74, 6) is 1.19. The highest BCUT2D eigenvalue weighted by Gasteiger charge is 2.16. The average Bonchev–Trinajstić information content (AvgIpc) is 3.11. The fraction of sp³-hybridized carbons (Fsp3) is 0.353. The lowest BCUT2D eigenvalue weighted by Gasteiger charge is -2.05. The number of rotatable bonds is 5. The van der Waals surface area contributed by atoms with Crippen LogP contribution in [0.1, 0.15) is 29.2 Å². The Bertz CT molecular complexity index is 1020. The molecule has 3 heterocycles. The van der Waals surface area contributed by atoms with Gasteiger partial charge in [0.1, 0.15) is 5.82 Å². The number of aromatic nitrogens is 5. The molecule has 0 saturated carbocycles. The molecule has 2 N–H and O–H groups in total. The summed E-state index contributed by atoms with van der Waals surface area (Å²) in [6, 6.07) is 0. The SMILES string of the molecule is Cc1nc(C)c(CCC(=O)Nc2nc(C)c(-c3nccn3C)s2)c(=O)[nH]1. The van der Waals surface area contributed by atoms with E-state index in [-0.39, 0.29) is 17.9 Å². The number of carbonyl (C=O) groups excluding carboxylic acids is 1. The van der Waals surface area contributed by atoms with Crippen LogP contribution in [0, 0.1) is 20.8 Å². The second-order valence-corrected chi connectivity index (χ2v) is 7.06. The van der Waals surface area contributed by atoms with Gasteiger partial charge in [0.25, 0.3) is 5.56 Å². The highest BCUT2D eigenvalue weighted by molar-refractivity contribution is 7.19. The molecule has 26 heavy (non-hydrogen) atoms. The predicted molar refractivity (Wildman–Crippen MR) is 100 cm³/mol. The zero-order valence-corrected chi connectivity index (χ0v) is 15.9. The summed E-state index contributed by atoms with van der Waals surface area (Å²) in [5.41, 5.74) is 1.82. The van der Waals surface area contributed by atoms with Crippen LogP contribution in [-0.4, -0.2) is 30.4 Å². The van der Waals surface area contributed by atoms with E-state index < -0.39 is 0 Å². The Balaban J connectivity index is 1.68. The van der Waals surface area contributed by atoms with Crippen molar-refractivity contribution in [1.82, 2.24) is 24.5 Å². The van der Waals surface area contributed by atoms with Gasteiger partial charge in [-0.1, -0.05) is 11.3 Å². The first-order valence-electron chi connectivity index (χ1n) is 8.16. The van der Waals surface area contributed by atoms with Gasteiger partial charge in [-0.05, 0) is 27.2 Å². The van der Waals surface area contributed by atoms with E-state index in [0.717, 1.165) is 16.4 Å². The molecular weight excluding hydrogens is 352 g/mol. The maximum Gasteiger partial charge on any atom is 0.254 e. The molecule has 8 nitrogen and oxygen atoms in total. The van der Waals surface area contributed by atoms with Crippen LogP contribution in [0.2, 0.25) is 0 Å². The predicted octanol–water partition coefficient (Wildman–Crippen LogP) is 2.12. The summed E-state index contributed by atoms with van der Waals surface area (Å²) >= 11 is 1.38. The van der Waals surface area contributed by atoms with E-state index in [1.54, 1.807) is 20.0 Å². The van der Waals surface area contributed by atoms with Crippen LogP contribution >= 0.6 is 11.3 Å².